The summed E-state index contributed by atoms with van der Waals surface area (Å²) in [6.07, 6.45) is -2.03. The molecule has 0 saturated heterocycles. The van der Waals surface area contributed by atoms with Crippen molar-refractivity contribution < 1.29 is 28.5 Å². The molecule has 0 aromatic heterocycles. The average Bonchev–Trinajstić information content (AvgIpc) is 3.05. The number of carbonyl (C=O) groups is 2. The predicted molar refractivity (Wildman–Crippen MR) is 169 cm³/mol. The molecule has 2 N–H and O–H groups in total. The fourth-order valence-electron chi connectivity index (χ4n) is 4.66. The van der Waals surface area contributed by atoms with Gasteiger partial charge in [0.15, 0.2) is 12.5 Å². The highest BCUT2D eigenvalue weighted by molar-refractivity contribution is 6.29. The monoisotopic (exact) mass is 596 g/mol. The Morgan fingerprint density at radius 2 is 1.05 bits per heavy atom. The number of hydrogen-bond acceptors (Lipinski definition) is 8. The molecule has 230 valence electrons. The van der Waals surface area contributed by atoms with Crippen molar-refractivity contribution in [2.24, 2.45) is 0 Å². The number of hydrogen-bond donors (Lipinski definition) is 2. The van der Waals surface area contributed by atoms with E-state index in [9.17, 15) is 9.59 Å². The summed E-state index contributed by atoms with van der Waals surface area (Å²) in [5.74, 6) is -0.812. The van der Waals surface area contributed by atoms with Crippen LogP contribution in [0.4, 0.5) is 0 Å². The predicted octanol–water partition coefficient (Wildman–Crippen LogP) is 6.20. The van der Waals surface area contributed by atoms with Gasteiger partial charge in [0.1, 0.15) is 23.7 Å². The van der Waals surface area contributed by atoms with Crippen LogP contribution in [-0.2, 0) is 19.1 Å². The van der Waals surface area contributed by atoms with Gasteiger partial charge in [-0.1, -0.05) is 96.6 Å². The Kier molecular flexibility index (Phi) is 11.9. The lowest BCUT2D eigenvalue weighted by molar-refractivity contribution is -0.177. The Morgan fingerprint density at radius 3 is 1.52 bits per heavy atom. The van der Waals surface area contributed by atoms with Crippen LogP contribution < -0.4 is 20.1 Å². The minimum Gasteiger partial charge on any atom is -0.486 e. The molecule has 0 fully saturated rings. The summed E-state index contributed by atoms with van der Waals surface area (Å²) in [6, 6.07) is 34.8. The van der Waals surface area contributed by atoms with Gasteiger partial charge in [-0.25, -0.2) is 9.59 Å². The molecule has 0 amide bonds. The second-order valence-corrected chi connectivity index (χ2v) is 10.4. The van der Waals surface area contributed by atoms with Crippen molar-refractivity contribution in [3.05, 3.63) is 131 Å². The van der Waals surface area contributed by atoms with Crippen LogP contribution >= 0.6 is 0 Å². The highest BCUT2D eigenvalue weighted by Gasteiger charge is 2.29. The minimum atomic E-state index is -1.11. The number of nitrogens with one attached hydrogen (secondary N) is 2. The van der Waals surface area contributed by atoms with Crippen molar-refractivity contribution >= 4 is 11.9 Å². The molecule has 0 aliphatic rings. The molecule has 0 heterocycles. The number of ether oxygens (including phenoxy) is 4. The summed E-state index contributed by atoms with van der Waals surface area (Å²) in [6.45, 7) is 3.97. The highest BCUT2D eigenvalue weighted by Crippen LogP contribution is 2.29. The van der Waals surface area contributed by atoms with Crippen molar-refractivity contribution in [1.29, 1.82) is 0 Å². The standard InChI is InChI=1S/C36H40N2O6/c1-25-19-21-29(22-20-25)41-31(27-14-7-5-8-15-27)23-33(37-3)43-35(39)36(40)44-34(38-4)24-32(28-16-9-6-10-17-28)42-30-18-12-11-13-26(30)2/h5-22,31-34,37-38H,23-24H2,1-4H3. The Bertz CT molecular complexity index is 1460. The van der Waals surface area contributed by atoms with E-state index in [0.717, 1.165) is 28.0 Å². The topological polar surface area (TPSA) is 95.1 Å². The van der Waals surface area contributed by atoms with E-state index in [2.05, 4.69) is 10.6 Å². The van der Waals surface area contributed by atoms with Crippen LogP contribution in [0, 0.1) is 13.8 Å². The van der Waals surface area contributed by atoms with Crippen molar-refractivity contribution in [2.45, 2.75) is 51.4 Å². The first kappa shape index (κ1) is 32.3. The fraction of sp³-hybridized carbons (Fsp3) is 0.278. The Hall–Kier alpha value is -4.66. The van der Waals surface area contributed by atoms with Crippen LogP contribution in [0.1, 0.15) is 47.3 Å². The molecule has 0 saturated carbocycles. The molecule has 4 aromatic rings. The van der Waals surface area contributed by atoms with Gasteiger partial charge in [0.2, 0.25) is 0 Å². The van der Waals surface area contributed by atoms with E-state index in [4.69, 9.17) is 18.9 Å². The first-order chi connectivity index (χ1) is 21.4. The Morgan fingerprint density at radius 1 is 0.591 bits per heavy atom. The maximum atomic E-state index is 12.9. The third-order valence-electron chi connectivity index (χ3n) is 7.17. The summed E-state index contributed by atoms with van der Waals surface area (Å²) in [7, 11) is 3.31. The normalized spacial score (nSPS) is 13.6. The first-order valence-electron chi connectivity index (χ1n) is 14.7. The van der Waals surface area contributed by atoms with Gasteiger partial charge in [-0.2, -0.15) is 0 Å². The maximum absolute atomic E-state index is 12.9. The van der Waals surface area contributed by atoms with Gasteiger partial charge in [-0.15, -0.1) is 0 Å². The maximum Gasteiger partial charge on any atom is 0.419 e. The quantitative estimate of drug-likeness (QED) is 0.101. The molecule has 4 rings (SSSR count). The Labute approximate surface area is 259 Å². The first-order valence-corrected chi connectivity index (χ1v) is 14.7. The van der Waals surface area contributed by atoms with E-state index in [0.29, 0.717) is 5.75 Å². The van der Waals surface area contributed by atoms with E-state index in [-0.39, 0.29) is 12.8 Å². The molecular formula is C36H40N2O6. The molecule has 4 unspecified atom stereocenters. The number of para-hydroxylation sites is 1. The van der Waals surface area contributed by atoms with E-state index in [1.807, 2.05) is 123 Å². The lowest BCUT2D eigenvalue weighted by atomic mass is 10.1. The molecule has 4 aromatic carbocycles. The van der Waals surface area contributed by atoms with Crippen molar-refractivity contribution in [3.8, 4) is 11.5 Å². The SMILES string of the molecule is CNC(CC(Oc1ccc(C)cc1)c1ccccc1)OC(=O)C(=O)OC(CC(Oc1ccccc1C)c1ccccc1)NC. The average molecular weight is 597 g/mol. The van der Waals surface area contributed by atoms with Gasteiger partial charge in [0.05, 0.1) is 0 Å². The lowest BCUT2D eigenvalue weighted by Crippen LogP contribution is -2.40. The van der Waals surface area contributed by atoms with Crippen LogP contribution in [0.2, 0.25) is 0 Å². The summed E-state index contributed by atoms with van der Waals surface area (Å²) in [5.41, 5.74) is 3.91. The van der Waals surface area contributed by atoms with Crippen LogP contribution in [0.3, 0.4) is 0 Å². The molecular weight excluding hydrogens is 556 g/mol. The van der Waals surface area contributed by atoms with Crippen molar-refractivity contribution in [2.75, 3.05) is 14.1 Å². The number of esters is 2. The molecule has 0 aliphatic heterocycles. The molecule has 4 atom stereocenters. The van der Waals surface area contributed by atoms with E-state index >= 15 is 0 Å². The number of rotatable bonds is 14. The van der Waals surface area contributed by atoms with Gasteiger partial charge < -0.3 is 18.9 Å². The molecule has 0 aliphatic carbocycles. The Balaban J connectivity index is 1.41. The zero-order chi connectivity index (χ0) is 31.3. The van der Waals surface area contributed by atoms with Crippen LogP contribution in [0.25, 0.3) is 0 Å². The van der Waals surface area contributed by atoms with Crippen molar-refractivity contribution in [3.63, 3.8) is 0 Å². The molecule has 8 heteroatoms. The van der Waals surface area contributed by atoms with Crippen LogP contribution in [0.5, 0.6) is 11.5 Å². The molecule has 8 nitrogen and oxygen atoms in total. The third-order valence-corrected chi connectivity index (χ3v) is 7.17. The highest BCUT2D eigenvalue weighted by atomic mass is 16.6. The van der Waals surface area contributed by atoms with Crippen molar-refractivity contribution in [1.82, 2.24) is 10.6 Å². The van der Waals surface area contributed by atoms with Crippen LogP contribution in [-0.4, -0.2) is 38.5 Å². The van der Waals surface area contributed by atoms with E-state index < -0.39 is 36.6 Å². The summed E-state index contributed by atoms with van der Waals surface area (Å²) in [4.78, 5) is 25.9. The van der Waals surface area contributed by atoms with Gasteiger partial charge in [0, 0.05) is 12.8 Å². The molecule has 0 bridgehead atoms. The third kappa shape index (κ3) is 9.42. The summed E-state index contributed by atoms with van der Waals surface area (Å²) < 4.78 is 23.8. The number of benzene rings is 4. The zero-order valence-corrected chi connectivity index (χ0v) is 25.6. The van der Waals surface area contributed by atoms with Gasteiger partial charge in [-0.05, 0) is 62.8 Å². The molecule has 0 radical (unpaired) electrons. The minimum absolute atomic E-state index is 0.253. The number of aryl methyl sites for hydroxylation is 2. The molecule has 44 heavy (non-hydrogen) atoms. The van der Waals surface area contributed by atoms with E-state index in [1.54, 1.807) is 14.1 Å². The summed E-state index contributed by atoms with van der Waals surface area (Å²) >= 11 is 0. The van der Waals surface area contributed by atoms with Gasteiger partial charge >= 0.3 is 11.9 Å². The van der Waals surface area contributed by atoms with Gasteiger partial charge in [-0.3, -0.25) is 10.6 Å². The second-order valence-electron chi connectivity index (χ2n) is 10.4. The van der Waals surface area contributed by atoms with Gasteiger partial charge in [0.25, 0.3) is 0 Å². The number of carbonyl (C=O) groups excluding carboxylic acids is 2. The summed E-state index contributed by atoms with van der Waals surface area (Å²) in [5, 5.41) is 5.94. The van der Waals surface area contributed by atoms with E-state index in [1.165, 1.54) is 0 Å². The zero-order valence-electron chi connectivity index (χ0n) is 25.6. The van der Waals surface area contributed by atoms with Crippen LogP contribution in [0.15, 0.2) is 109 Å². The fourth-order valence-corrected chi connectivity index (χ4v) is 4.66. The smallest absolute Gasteiger partial charge is 0.419 e. The molecule has 0 spiro atoms. The largest absolute Gasteiger partial charge is 0.486 e. The second kappa shape index (κ2) is 16.3. The lowest BCUT2D eigenvalue weighted by Gasteiger charge is -2.26.